The van der Waals surface area contributed by atoms with Crippen molar-refractivity contribution in [1.29, 1.82) is 10.8 Å². The van der Waals surface area contributed by atoms with Gasteiger partial charge in [-0.05, 0) is 81.8 Å². The number of aliphatic hydroxyl groups is 1. The molecule has 1 spiro atoms. The Morgan fingerprint density at radius 3 is 1.76 bits per heavy atom. The fourth-order valence-electron chi connectivity index (χ4n) is 9.96. The Morgan fingerprint density at radius 1 is 0.699 bits per heavy atom. The van der Waals surface area contributed by atoms with Gasteiger partial charge < -0.3 is 99.3 Å². The van der Waals surface area contributed by atoms with Gasteiger partial charge in [0.1, 0.15) is 60.2 Å². The van der Waals surface area contributed by atoms with E-state index in [9.17, 15) is 58.2 Å². The van der Waals surface area contributed by atoms with Crippen molar-refractivity contribution in [2.75, 3.05) is 39.9 Å². The van der Waals surface area contributed by atoms with E-state index in [-0.39, 0.29) is 69.8 Å². The third kappa shape index (κ3) is 22.1. The van der Waals surface area contributed by atoms with Gasteiger partial charge in [-0.15, -0.1) is 0 Å². The molecule has 3 aliphatic rings. The molecule has 11 atom stereocenters. The topological polar surface area (TPSA) is 509 Å². The van der Waals surface area contributed by atoms with Gasteiger partial charge >= 0.3 is 18.0 Å². The molecule has 2 saturated heterocycles. The molecule has 0 aromatic heterocycles. The van der Waals surface area contributed by atoms with E-state index in [1.165, 1.54) is 31.4 Å². The summed E-state index contributed by atoms with van der Waals surface area (Å²) >= 11 is 0. The Morgan fingerprint density at radius 2 is 1.23 bits per heavy atom. The number of guanidine groups is 2. The number of carbonyl (C=O) groups is 10. The minimum absolute atomic E-state index is 0.0163. The first-order valence-corrected chi connectivity index (χ1v) is 27.3. The molecule has 1 aromatic rings. The molecule has 8 amide bonds. The van der Waals surface area contributed by atoms with Crippen molar-refractivity contribution in [3.8, 4) is 0 Å². The monoisotopic (exact) mass is 1170 g/mol. The minimum atomic E-state index is -1.90. The van der Waals surface area contributed by atoms with Gasteiger partial charge in [-0.3, -0.25) is 54.0 Å². The van der Waals surface area contributed by atoms with Crippen molar-refractivity contribution in [2.24, 2.45) is 29.0 Å². The number of carboxylic acid groups (broad SMARTS) is 2. The first-order chi connectivity index (χ1) is 39.2. The number of rotatable bonds is 36. The average Bonchev–Trinajstić information content (AvgIpc) is 1.57. The summed E-state index contributed by atoms with van der Waals surface area (Å²) in [7, 11) is 1.52. The molecule has 462 valence electrons. The summed E-state index contributed by atoms with van der Waals surface area (Å²) in [5.74, 6) is -10.5. The number of amides is 8. The van der Waals surface area contributed by atoms with E-state index >= 15 is 0 Å². The highest BCUT2D eigenvalue weighted by atomic mass is 16.6. The number of nitrogens with one attached hydrogen (secondary N) is 11. The van der Waals surface area contributed by atoms with Gasteiger partial charge in [-0.2, -0.15) is 0 Å². The van der Waals surface area contributed by atoms with Crippen molar-refractivity contribution < 1.29 is 82.2 Å². The number of hydrogen-bond acceptors (Lipinski definition) is 17. The van der Waals surface area contributed by atoms with Crippen LogP contribution in [0.15, 0.2) is 24.3 Å². The van der Waals surface area contributed by atoms with Gasteiger partial charge in [0, 0.05) is 33.0 Å². The third-order valence-corrected chi connectivity index (χ3v) is 14.4. The number of primary amides is 1. The molecule has 0 unspecified atom stereocenters. The van der Waals surface area contributed by atoms with E-state index < -0.39 is 151 Å². The molecule has 1 aromatic carbocycles. The van der Waals surface area contributed by atoms with Crippen LogP contribution >= 0.6 is 0 Å². The molecule has 31 nitrogen and oxygen atoms in total. The maximum atomic E-state index is 14.2. The Balaban J connectivity index is 1.43. The molecule has 1 saturated carbocycles. The highest BCUT2D eigenvalue weighted by molar-refractivity contribution is 5.97. The van der Waals surface area contributed by atoms with Crippen LogP contribution in [0.4, 0.5) is 4.79 Å². The van der Waals surface area contributed by atoms with E-state index in [2.05, 4.69) is 61.7 Å². The largest absolute Gasteiger partial charge is 0.481 e. The third-order valence-electron chi connectivity index (χ3n) is 14.4. The Labute approximate surface area is 479 Å². The molecule has 4 rings (SSSR count). The number of nitrogens with two attached hydrogens (primary N) is 3. The number of methoxy groups -OCH3 is 1. The first-order valence-electron chi connectivity index (χ1n) is 27.3. The van der Waals surface area contributed by atoms with Gasteiger partial charge in [0.15, 0.2) is 11.9 Å². The lowest BCUT2D eigenvalue weighted by Crippen LogP contribution is -2.59. The van der Waals surface area contributed by atoms with Crippen LogP contribution in [0.2, 0.25) is 0 Å². The lowest BCUT2D eigenvalue weighted by Gasteiger charge is -2.42. The summed E-state index contributed by atoms with van der Waals surface area (Å²) < 4.78 is 24.0. The highest BCUT2D eigenvalue weighted by Crippen LogP contribution is 2.59. The summed E-state index contributed by atoms with van der Waals surface area (Å²) in [5, 5.41) is 65.2. The smallest absolute Gasteiger partial charge is 0.407 e. The predicted octanol–water partition coefficient (Wildman–Crippen LogP) is -3.50. The highest BCUT2D eigenvalue weighted by Gasteiger charge is 2.72. The van der Waals surface area contributed by atoms with Crippen LogP contribution in [-0.2, 0) is 75.1 Å². The van der Waals surface area contributed by atoms with E-state index in [1.807, 2.05) is 6.92 Å². The van der Waals surface area contributed by atoms with Crippen LogP contribution in [0.1, 0.15) is 103 Å². The van der Waals surface area contributed by atoms with Gasteiger partial charge in [-0.1, -0.05) is 38.1 Å². The van der Waals surface area contributed by atoms with Crippen LogP contribution in [0.5, 0.6) is 0 Å². The average molecular weight is 1180 g/mol. The molecule has 1 aliphatic carbocycles. The fourth-order valence-corrected chi connectivity index (χ4v) is 9.96. The van der Waals surface area contributed by atoms with Gasteiger partial charge in [0.2, 0.25) is 41.4 Å². The number of aliphatic carboxylic acids is 2. The second-order valence-electron chi connectivity index (χ2n) is 21.3. The summed E-state index contributed by atoms with van der Waals surface area (Å²) in [4.78, 5) is 131. The molecule has 83 heavy (non-hydrogen) atoms. The van der Waals surface area contributed by atoms with Crippen LogP contribution in [-0.4, -0.2) is 186 Å². The minimum Gasteiger partial charge on any atom is -0.481 e. The maximum absolute atomic E-state index is 14.2. The van der Waals surface area contributed by atoms with Crippen LogP contribution in [0.3, 0.4) is 0 Å². The maximum Gasteiger partial charge on any atom is 0.407 e. The zero-order valence-corrected chi connectivity index (χ0v) is 47.1. The van der Waals surface area contributed by atoms with E-state index in [4.69, 9.17) is 52.1 Å². The Hall–Kier alpha value is -7.90. The number of alkyl carbamates (subject to hydrolysis) is 1. The van der Waals surface area contributed by atoms with Gasteiger partial charge in [0.25, 0.3) is 0 Å². The molecular formula is C52H82N14O17. The number of carboxylic acids is 2. The van der Waals surface area contributed by atoms with Crippen molar-refractivity contribution in [3.05, 3.63) is 35.4 Å². The first kappa shape index (κ1) is 67.6. The van der Waals surface area contributed by atoms with Gasteiger partial charge in [-0.25, -0.2) is 4.79 Å². The Bertz CT molecular complexity index is 2480. The number of benzene rings is 1. The van der Waals surface area contributed by atoms with E-state index in [0.717, 1.165) is 12.8 Å². The molecule has 31 heteroatoms. The lowest BCUT2D eigenvalue weighted by atomic mass is 9.68. The SMILES string of the molecule is CO[C@@H]1[C@H](OC(=O)NCC(=O)N[C@@H](CCCNC(=N)N)C(=O)NCC(=O)N[C@@H](CC(=O)O)C(=O)N[C@@H](Cc2ccc(CO)cc2)C(=O)N[C@@H](CCCNC(=N)N)C(=O)N[C@@H](CCC(=O)O)C(N)=O)CC[C@]2(CO2)[C@H]1[C@@]1(C)O[C@@H]1CCC(C)C. The zero-order valence-electron chi connectivity index (χ0n) is 47.1. The molecule has 3 fully saturated rings. The number of ether oxygens (including phenoxy) is 4. The lowest BCUT2D eigenvalue weighted by molar-refractivity contribution is -0.141. The Kier molecular flexibility index (Phi) is 26.1. The number of carbonyl (C=O) groups excluding carboxylic acids is 8. The quantitative estimate of drug-likeness (QED) is 0.0134. The summed E-state index contributed by atoms with van der Waals surface area (Å²) in [6.07, 6.45) is -1.77. The summed E-state index contributed by atoms with van der Waals surface area (Å²) in [6.45, 7) is 5.09. The van der Waals surface area contributed by atoms with Crippen molar-refractivity contribution in [1.82, 2.24) is 47.9 Å². The molecule has 0 radical (unpaired) electrons. The van der Waals surface area contributed by atoms with E-state index in [0.29, 0.717) is 36.5 Å². The zero-order chi connectivity index (χ0) is 61.6. The molecule has 20 N–H and O–H groups in total. The fraction of sp³-hybridized carbons (Fsp3) is 0.654. The van der Waals surface area contributed by atoms with Crippen LogP contribution in [0, 0.1) is 22.7 Å². The van der Waals surface area contributed by atoms with E-state index in [1.54, 1.807) is 0 Å². The van der Waals surface area contributed by atoms with Crippen molar-refractivity contribution >= 4 is 71.3 Å². The van der Waals surface area contributed by atoms with Crippen molar-refractivity contribution in [2.45, 2.75) is 164 Å². The molecule has 2 aliphatic heterocycles. The molecule has 2 heterocycles. The summed E-state index contributed by atoms with van der Waals surface area (Å²) in [6, 6.07) is -1.75. The number of aliphatic hydroxyl groups excluding tert-OH is 1. The van der Waals surface area contributed by atoms with Crippen LogP contribution in [0.25, 0.3) is 0 Å². The summed E-state index contributed by atoms with van der Waals surface area (Å²) in [5.41, 5.74) is 16.0. The second kappa shape index (κ2) is 32.1. The van der Waals surface area contributed by atoms with Crippen molar-refractivity contribution in [3.63, 3.8) is 0 Å². The predicted molar refractivity (Wildman–Crippen MR) is 293 cm³/mol. The number of epoxide rings is 2. The normalized spacial score (nSPS) is 22.1. The number of hydrogen-bond donors (Lipinski definition) is 17. The van der Waals surface area contributed by atoms with Crippen LogP contribution < -0.4 is 65.1 Å². The molecule has 0 bridgehead atoms. The second-order valence-corrected chi connectivity index (χ2v) is 21.3. The molecular weight excluding hydrogens is 1090 g/mol. The standard InChI is InChI=1S/C52H82N14O17/c1-27(2)9-15-36-51(3,83-36)42-41(80-4)35(17-18-52(42)26-81-52)82-50(79)61-24-38(69)62-31(7-5-19-58-48(54)55)44(75)60-23-37(68)63-34(22-40(72)73)47(78)66-33(21-28-10-12-29(25-67)13-11-28)46(77)65-32(8-6-20-59-49(56)57)45(76)64-30(43(53)74)14-16-39(70)71/h10-13,27,30-36,41-42,67H,5-9,14-26H2,1-4H3,(H2,53,74)(H,60,75)(H,61,79)(H,62,69)(H,63,68)(H,64,76)(H,65,77)(H,66,78)(H,70,71)(H,72,73)(H4,54,55,58)(H4,56,57,59)/t30-,31-,32-,33-,34-,35+,36+,41+,42+,51-,52-/m0/s1. The van der Waals surface area contributed by atoms with Gasteiger partial charge in [0.05, 0.1) is 38.2 Å².